The van der Waals surface area contributed by atoms with Crippen molar-refractivity contribution in [2.75, 3.05) is 6.61 Å². The summed E-state index contributed by atoms with van der Waals surface area (Å²) in [5.41, 5.74) is 4.79. The Morgan fingerprint density at radius 2 is 2.36 bits per heavy atom. The average molecular weight is 156 g/mol. The largest absolute Gasteiger partial charge is 0.474 e. The van der Waals surface area contributed by atoms with Crippen molar-refractivity contribution in [2.45, 2.75) is 25.8 Å². The van der Waals surface area contributed by atoms with Crippen LogP contribution >= 0.6 is 0 Å². The monoisotopic (exact) mass is 156 g/mol. The summed E-state index contributed by atoms with van der Waals surface area (Å²) in [6, 6.07) is 0. The van der Waals surface area contributed by atoms with Gasteiger partial charge >= 0.3 is 5.91 Å². The summed E-state index contributed by atoms with van der Waals surface area (Å²) in [5, 5.41) is 0. The van der Waals surface area contributed by atoms with E-state index in [0.717, 1.165) is 6.42 Å². The van der Waals surface area contributed by atoms with Crippen LogP contribution in [0.3, 0.4) is 0 Å². The van der Waals surface area contributed by atoms with E-state index >= 15 is 0 Å². The van der Waals surface area contributed by atoms with Crippen LogP contribution in [-0.4, -0.2) is 24.0 Å². The normalized spacial score (nSPS) is 21.8. The van der Waals surface area contributed by atoms with Crippen LogP contribution in [-0.2, 0) is 9.53 Å². The van der Waals surface area contributed by atoms with Crippen LogP contribution in [0, 0.1) is 0 Å². The van der Waals surface area contributed by atoms with Gasteiger partial charge in [0.15, 0.2) is 0 Å². The predicted octanol–water partition coefficient (Wildman–Crippen LogP) is 0.0691. The Morgan fingerprint density at radius 3 is 2.73 bits per heavy atom. The third-order valence-corrected chi connectivity index (χ3v) is 1.57. The molecule has 1 amide bonds. The summed E-state index contributed by atoms with van der Waals surface area (Å²) in [6.45, 7) is 4.41. The maximum Gasteiger partial charge on any atom is 0.303 e. The van der Waals surface area contributed by atoms with Gasteiger partial charge in [0, 0.05) is 6.42 Å². The highest BCUT2D eigenvalue weighted by atomic mass is 16.5. The molecular formula is C7H12N2O2. The summed E-state index contributed by atoms with van der Waals surface area (Å²) in [7, 11) is 0. The molecule has 0 unspecified atom stereocenters. The van der Waals surface area contributed by atoms with Crippen LogP contribution in [0.25, 0.3) is 0 Å². The number of carbonyl (C=O) groups excluding carboxylic acids is 1. The van der Waals surface area contributed by atoms with Gasteiger partial charge in [0.25, 0.3) is 5.90 Å². The lowest BCUT2D eigenvalue weighted by Crippen LogP contribution is -2.35. The second-order valence-corrected chi connectivity index (χ2v) is 3.19. The van der Waals surface area contributed by atoms with E-state index in [4.69, 9.17) is 10.5 Å². The minimum Gasteiger partial charge on any atom is -0.474 e. The molecule has 1 aliphatic rings. The van der Waals surface area contributed by atoms with Crippen molar-refractivity contribution >= 4 is 11.8 Å². The van der Waals surface area contributed by atoms with Crippen molar-refractivity contribution in [1.82, 2.24) is 0 Å². The molecule has 4 heteroatoms. The Labute approximate surface area is 65.4 Å². The Hall–Kier alpha value is -1.06. The highest BCUT2D eigenvalue weighted by molar-refractivity contribution is 6.34. The van der Waals surface area contributed by atoms with E-state index in [1.165, 1.54) is 0 Å². The number of primary amides is 1. The van der Waals surface area contributed by atoms with Crippen molar-refractivity contribution in [2.24, 2.45) is 10.7 Å². The van der Waals surface area contributed by atoms with Gasteiger partial charge in [-0.1, -0.05) is 0 Å². The minimum absolute atomic E-state index is 0.0567. The van der Waals surface area contributed by atoms with E-state index in [1.807, 2.05) is 13.8 Å². The molecule has 1 heterocycles. The molecular weight excluding hydrogens is 144 g/mol. The maximum absolute atomic E-state index is 10.6. The minimum atomic E-state index is -0.585. The predicted molar refractivity (Wildman–Crippen MR) is 41.3 cm³/mol. The molecule has 0 aromatic rings. The van der Waals surface area contributed by atoms with E-state index in [9.17, 15) is 4.79 Å². The van der Waals surface area contributed by atoms with Crippen LogP contribution in [0.1, 0.15) is 20.3 Å². The van der Waals surface area contributed by atoms with Gasteiger partial charge in [-0.3, -0.25) is 4.79 Å². The molecule has 62 valence electrons. The zero-order valence-electron chi connectivity index (χ0n) is 6.76. The van der Waals surface area contributed by atoms with Crippen LogP contribution in [0.2, 0.25) is 0 Å². The molecule has 1 aliphatic heterocycles. The van der Waals surface area contributed by atoms with E-state index in [1.54, 1.807) is 0 Å². The van der Waals surface area contributed by atoms with Crippen LogP contribution in [0.15, 0.2) is 4.99 Å². The fraction of sp³-hybridized carbons (Fsp3) is 0.714. The van der Waals surface area contributed by atoms with Crippen LogP contribution in [0.5, 0.6) is 0 Å². The SMILES string of the molecule is CC1(C)CCOC(C(N)=O)=N1. The molecule has 2 N–H and O–H groups in total. The maximum atomic E-state index is 10.6. The van der Waals surface area contributed by atoms with Crippen molar-refractivity contribution in [3.63, 3.8) is 0 Å². The molecule has 0 saturated carbocycles. The van der Waals surface area contributed by atoms with Gasteiger partial charge in [-0.05, 0) is 13.8 Å². The van der Waals surface area contributed by atoms with Crippen molar-refractivity contribution in [3.05, 3.63) is 0 Å². The first kappa shape index (κ1) is 8.04. The lowest BCUT2D eigenvalue weighted by Gasteiger charge is -2.25. The zero-order chi connectivity index (χ0) is 8.48. The summed E-state index contributed by atoms with van der Waals surface area (Å²) in [6.07, 6.45) is 0.823. The number of ether oxygens (including phenoxy) is 1. The van der Waals surface area contributed by atoms with Gasteiger partial charge in [-0.2, -0.15) is 0 Å². The number of amides is 1. The molecule has 0 spiro atoms. The molecule has 1 rings (SSSR count). The molecule has 0 atom stereocenters. The van der Waals surface area contributed by atoms with E-state index in [-0.39, 0.29) is 11.4 Å². The summed E-state index contributed by atoms with van der Waals surface area (Å²) in [4.78, 5) is 14.6. The second kappa shape index (κ2) is 2.53. The first-order chi connectivity index (χ1) is 5.01. The molecule has 0 aliphatic carbocycles. The van der Waals surface area contributed by atoms with Crippen LogP contribution < -0.4 is 5.73 Å². The number of hydrogen-bond donors (Lipinski definition) is 1. The van der Waals surface area contributed by atoms with Gasteiger partial charge < -0.3 is 10.5 Å². The third-order valence-electron chi connectivity index (χ3n) is 1.57. The van der Waals surface area contributed by atoms with E-state index < -0.39 is 5.91 Å². The fourth-order valence-electron chi connectivity index (χ4n) is 0.887. The zero-order valence-corrected chi connectivity index (χ0v) is 6.76. The second-order valence-electron chi connectivity index (χ2n) is 3.19. The lowest BCUT2D eigenvalue weighted by atomic mass is 10.0. The van der Waals surface area contributed by atoms with E-state index in [0.29, 0.717) is 6.61 Å². The Balaban J connectivity index is 2.81. The molecule has 0 bridgehead atoms. The number of aliphatic imine (C=N–C) groups is 1. The van der Waals surface area contributed by atoms with E-state index in [2.05, 4.69) is 4.99 Å². The summed E-state index contributed by atoms with van der Waals surface area (Å²) < 4.78 is 4.95. The number of nitrogens with zero attached hydrogens (tertiary/aromatic N) is 1. The van der Waals surface area contributed by atoms with Gasteiger partial charge in [0.2, 0.25) is 0 Å². The van der Waals surface area contributed by atoms with Gasteiger partial charge in [0.05, 0.1) is 12.1 Å². The number of hydrogen-bond acceptors (Lipinski definition) is 3. The molecule has 0 radical (unpaired) electrons. The first-order valence-electron chi connectivity index (χ1n) is 3.54. The Kier molecular flexibility index (Phi) is 1.85. The molecule has 0 aromatic carbocycles. The Bertz CT molecular complexity index is 208. The highest BCUT2D eigenvalue weighted by Crippen LogP contribution is 2.18. The quantitative estimate of drug-likeness (QED) is 0.583. The molecule has 0 fully saturated rings. The molecule has 0 aromatic heterocycles. The number of rotatable bonds is 1. The fourth-order valence-corrected chi connectivity index (χ4v) is 0.887. The number of carbonyl (C=O) groups is 1. The first-order valence-corrected chi connectivity index (χ1v) is 3.54. The van der Waals surface area contributed by atoms with Gasteiger partial charge in [0.1, 0.15) is 0 Å². The topological polar surface area (TPSA) is 64.7 Å². The van der Waals surface area contributed by atoms with Crippen LogP contribution in [0.4, 0.5) is 0 Å². The van der Waals surface area contributed by atoms with Gasteiger partial charge in [-0.25, -0.2) is 4.99 Å². The molecule has 11 heavy (non-hydrogen) atoms. The number of nitrogens with two attached hydrogens (primary N) is 1. The van der Waals surface area contributed by atoms with Crippen molar-refractivity contribution < 1.29 is 9.53 Å². The molecule has 0 saturated heterocycles. The molecule has 4 nitrogen and oxygen atoms in total. The average Bonchev–Trinajstić information content (AvgIpc) is 1.85. The smallest absolute Gasteiger partial charge is 0.303 e. The third kappa shape index (κ3) is 1.93. The Morgan fingerprint density at radius 1 is 1.73 bits per heavy atom. The summed E-state index contributed by atoms with van der Waals surface area (Å²) in [5.74, 6) is -0.529. The highest BCUT2D eigenvalue weighted by Gasteiger charge is 2.25. The standard InChI is InChI=1S/C7H12N2O2/c1-7(2)3-4-11-6(9-7)5(8)10/h3-4H2,1-2H3,(H2,8,10). The summed E-state index contributed by atoms with van der Waals surface area (Å²) >= 11 is 0. The van der Waals surface area contributed by atoms with Gasteiger partial charge in [-0.15, -0.1) is 0 Å². The van der Waals surface area contributed by atoms with Crippen molar-refractivity contribution in [1.29, 1.82) is 0 Å². The van der Waals surface area contributed by atoms with Crippen molar-refractivity contribution in [3.8, 4) is 0 Å². The lowest BCUT2D eigenvalue weighted by molar-refractivity contribution is -0.113.